The molecule has 1 aliphatic heterocycles. The maximum Gasteiger partial charge on any atom is 0.260 e. The Morgan fingerprint density at radius 1 is 1.10 bits per heavy atom. The van der Waals surface area contributed by atoms with E-state index in [0.29, 0.717) is 32.1 Å². The second kappa shape index (κ2) is 7.59. The van der Waals surface area contributed by atoms with Crippen molar-refractivity contribution >= 4 is 33.1 Å². The molecule has 2 aromatic heterocycles. The van der Waals surface area contributed by atoms with Crippen LogP contribution < -0.4 is 9.64 Å². The fourth-order valence-corrected chi connectivity index (χ4v) is 5.32. The lowest BCUT2D eigenvalue weighted by Gasteiger charge is -2.36. The summed E-state index contributed by atoms with van der Waals surface area (Å²) in [5, 5.41) is 0.985. The van der Waals surface area contributed by atoms with Crippen LogP contribution in [0.3, 0.4) is 0 Å². The Morgan fingerprint density at radius 2 is 1.90 bits per heavy atom. The summed E-state index contributed by atoms with van der Waals surface area (Å²) in [6.45, 7) is 2.65. The maximum absolute atomic E-state index is 13.1. The molecule has 1 amide bonds. The van der Waals surface area contributed by atoms with Crippen LogP contribution in [-0.4, -0.2) is 53.6 Å². The molecule has 0 atom stereocenters. The van der Waals surface area contributed by atoms with E-state index in [1.165, 1.54) is 28.9 Å². The summed E-state index contributed by atoms with van der Waals surface area (Å²) < 4.78 is 19.0. The predicted octanol–water partition coefficient (Wildman–Crippen LogP) is 3.05. The Kier molecular flexibility index (Phi) is 4.79. The number of piperazine rings is 1. The number of amides is 1. The summed E-state index contributed by atoms with van der Waals surface area (Å²) >= 11 is 1.71. The third kappa shape index (κ3) is 3.53. The number of anilines is 1. The van der Waals surface area contributed by atoms with Gasteiger partial charge in [-0.3, -0.25) is 4.79 Å². The highest BCUT2D eigenvalue weighted by Crippen LogP contribution is 2.39. The molecule has 0 N–H and O–H groups in total. The summed E-state index contributed by atoms with van der Waals surface area (Å²) in [5.74, 6) is 0.241. The van der Waals surface area contributed by atoms with Crippen molar-refractivity contribution in [2.45, 2.75) is 19.3 Å². The normalized spacial score (nSPS) is 16.3. The van der Waals surface area contributed by atoms with E-state index in [1.54, 1.807) is 23.5 Å². The second-order valence-corrected chi connectivity index (χ2v) is 8.43. The molecule has 150 valence electrons. The van der Waals surface area contributed by atoms with Crippen LogP contribution >= 0.6 is 11.3 Å². The standard InChI is InChI=1S/C21H21FN4O2S/c22-14-4-6-15(7-5-14)25-8-10-26(11-9-25)18(27)12-28-20-19-16-2-1-3-17(16)29-21(19)24-13-23-20/h4-7,13H,1-3,8-12H2. The summed E-state index contributed by atoms with van der Waals surface area (Å²) in [7, 11) is 0. The average molecular weight is 412 g/mol. The van der Waals surface area contributed by atoms with Gasteiger partial charge in [0.05, 0.1) is 5.39 Å². The fourth-order valence-electron chi connectivity index (χ4n) is 4.10. The Balaban J connectivity index is 1.21. The lowest BCUT2D eigenvalue weighted by atomic mass is 10.2. The SMILES string of the molecule is O=C(COc1ncnc2sc3c(c12)CCC3)N1CCN(c2ccc(F)cc2)CC1. The number of hydrogen-bond acceptors (Lipinski definition) is 6. The first kappa shape index (κ1) is 18.3. The van der Waals surface area contributed by atoms with E-state index in [1.807, 2.05) is 4.90 Å². The van der Waals surface area contributed by atoms with Gasteiger partial charge in [0.25, 0.3) is 5.91 Å². The van der Waals surface area contributed by atoms with E-state index in [4.69, 9.17) is 4.74 Å². The zero-order valence-electron chi connectivity index (χ0n) is 15.9. The Labute approximate surface area is 171 Å². The van der Waals surface area contributed by atoms with Crippen molar-refractivity contribution in [3.8, 4) is 5.88 Å². The third-order valence-electron chi connectivity index (χ3n) is 5.62. The van der Waals surface area contributed by atoms with Gasteiger partial charge in [0.15, 0.2) is 6.61 Å². The number of carbonyl (C=O) groups excluding carboxylic acids is 1. The molecule has 0 bridgehead atoms. The van der Waals surface area contributed by atoms with Crippen LogP contribution in [0.4, 0.5) is 10.1 Å². The molecule has 3 aromatic rings. The van der Waals surface area contributed by atoms with Crippen molar-refractivity contribution in [2.75, 3.05) is 37.7 Å². The zero-order chi connectivity index (χ0) is 19.8. The molecule has 2 aliphatic rings. The quantitative estimate of drug-likeness (QED) is 0.659. The van der Waals surface area contributed by atoms with Crippen LogP contribution in [0.1, 0.15) is 16.9 Å². The summed E-state index contributed by atoms with van der Waals surface area (Å²) in [5.41, 5.74) is 2.27. The number of halogens is 1. The molecule has 1 aromatic carbocycles. The van der Waals surface area contributed by atoms with Crippen LogP contribution in [0, 0.1) is 5.82 Å². The van der Waals surface area contributed by atoms with Crippen molar-refractivity contribution in [1.82, 2.24) is 14.9 Å². The molecule has 0 spiro atoms. The molecule has 5 rings (SSSR count). The number of aryl methyl sites for hydroxylation is 2. The van der Waals surface area contributed by atoms with Crippen molar-refractivity contribution in [3.05, 3.63) is 46.9 Å². The molecule has 8 heteroatoms. The van der Waals surface area contributed by atoms with Gasteiger partial charge in [0.1, 0.15) is 17.0 Å². The smallest absolute Gasteiger partial charge is 0.260 e. The van der Waals surface area contributed by atoms with Gasteiger partial charge in [-0.15, -0.1) is 11.3 Å². The second-order valence-electron chi connectivity index (χ2n) is 7.35. The number of aromatic nitrogens is 2. The van der Waals surface area contributed by atoms with Crippen LogP contribution in [0.5, 0.6) is 5.88 Å². The van der Waals surface area contributed by atoms with Gasteiger partial charge < -0.3 is 14.5 Å². The molecular formula is C21H21FN4O2S. The van der Waals surface area contributed by atoms with Crippen molar-refractivity contribution in [3.63, 3.8) is 0 Å². The Bertz CT molecular complexity index is 1040. The number of hydrogen-bond donors (Lipinski definition) is 0. The number of ether oxygens (including phenoxy) is 1. The summed E-state index contributed by atoms with van der Waals surface area (Å²) in [4.78, 5) is 27.6. The van der Waals surface area contributed by atoms with Gasteiger partial charge in [-0.25, -0.2) is 14.4 Å². The van der Waals surface area contributed by atoms with Crippen molar-refractivity contribution < 1.29 is 13.9 Å². The van der Waals surface area contributed by atoms with E-state index in [0.717, 1.165) is 35.2 Å². The van der Waals surface area contributed by atoms with Crippen LogP contribution in [0.2, 0.25) is 0 Å². The largest absolute Gasteiger partial charge is 0.467 e. The predicted molar refractivity (Wildman–Crippen MR) is 110 cm³/mol. The molecule has 0 radical (unpaired) electrons. The summed E-state index contributed by atoms with van der Waals surface area (Å²) in [6.07, 6.45) is 4.78. The molecular weight excluding hydrogens is 391 g/mol. The van der Waals surface area contributed by atoms with Crippen molar-refractivity contribution in [2.24, 2.45) is 0 Å². The van der Waals surface area contributed by atoms with Gasteiger partial charge >= 0.3 is 0 Å². The first-order valence-corrected chi connectivity index (χ1v) is 10.7. The monoisotopic (exact) mass is 412 g/mol. The van der Waals surface area contributed by atoms with Crippen LogP contribution in [0.25, 0.3) is 10.2 Å². The number of thiophene rings is 1. The van der Waals surface area contributed by atoms with Gasteiger partial charge in [-0.05, 0) is 49.1 Å². The number of carbonyl (C=O) groups is 1. The average Bonchev–Trinajstić information content (AvgIpc) is 3.34. The molecule has 0 saturated carbocycles. The Hall–Kier alpha value is -2.74. The van der Waals surface area contributed by atoms with E-state index >= 15 is 0 Å². The third-order valence-corrected chi connectivity index (χ3v) is 6.82. The zero-order valence-corrected chi connectivity index (χ0v) is 16.8. The van der Waals surface area contributed by atoms with E-state index in [9.17, 15) is 9.18 Å². The van der Waals surface area contributed by atoms with E-state index in [2.05, 4.69) is 14.9 Å². The van der Waals surface area contributed by atoms with Gasteiger partial charge in [-0.1, -0.05) is 0 Å². The highest BCUT2D eigenvalue weighted by atomic mass is 32.1. The number of nitrogens with zero attached hydrogens (tertiary/aromatic N) is 4. The lowest BCUT2D eigenvalue weighted by molar-refractivity contribution is -0.133. The minimum absolute atomic E-state index is 0.0206. The van der Waals surface area contributed by atoms with E-state index in [-0.39, 0.29) is 18.3 Å². The van der Waals surface area contributed by atoms with Crippen molar-refractivity contribution in [1.29, 1.82) is 0 Å². The van der Waals surface area contributed by atoms with Gasteiger partial charge in [0.2, 0.25) is 5.88 Å². The number of benzene rings is 1. The minimum atomic E-state index is -0.241. The minimum Gasteiger partial charge on any atom is -0.467 e. The summed E-state index contributed by atoms with van der Waals surface area (Å²) in [6, 6.07) is 6.47. The molecule has 1 saturated heterocycles. The van der Waals surface area contributed by atoms with E-state index < -0.39 is 0 Å². The fraction of sp³-hybridized carbons (Fsp3) is 0.381. The molecule has 1 fully saturated rings. The van der Waals surface area contributed by atoms with Gasteiger partial charge in [0, 0.05) is 36.7 Å². The van der Waals surface area contributed by atoms with Crippen LogP contribution in [0.15, 0.2) is 30.6 Å². The molecule has 1 aliphatic carbocycles. The number of rotatable bonds is 4. The lowest BCUT2D eigenvalue weighted by Crippen LogP contribution is -2.50. The highest BCUT2D eigenvalue weighted by molar-refractivity contribution is 7.18. The first-order chi connectivity index (χ1) is 14.2. The maximum atomic E-state index is 13.1. The molecule has 6 nitrogen and oxygen atoms in total. The molecule has 0 unspecified atom stereocenters. The van der Waals surface area contributed by atoms with Crippen LogP contribution in [-0.2, 0) is 17.6 Å². The highest BCUT2D eigenvalue weighted by Gasteiger charge is 2.24. The first-order valence-electron chi connectivity index (χ1n) is 9.85. The van der Waals surface area contributed by atoms with Gasteiger partial charge in [-0.2, -0.15) is 0 Å². The molecule has 29 heavy (non-hydrogen) atoms. The Morgan fingerprint density at radius 3 is 2.69 bits per heavy atom. The number of fused-ring (bicyclic) bond motifs is 3. The topological polar surface area (TPSA) is 58.6 Å². The molecule has 3 heterocycles.